The van der Waals surface area contributed by atoms with E-state index in [9.17, 15) is 9.59 Å². The highest BCUT2D eigenvalue weighted by atomic mass is 16.5. The molecular formula is C16H19N3O4. The Balaban J connectivity index is 2.01. The van der Waals surface area contributed by atoms with Gasteiger partial charge in [0.15, 0.2) is 0 Å². The molecule has 0 spiro atoms. The van der Waals surface area contributed by atoms with Gasteiger partial charge in [-0.05, 0) is 44.0 Å². The number of rotatable bonds is 6. The molecule has 23 heavy (non-hydrogen) atoms. The monoisotopic (exact) mass is 317 g/mol. The second-order valence-corrected chi connectivity index (χ2v) is 5.36. The summed E-state index contributed by atoms with van der Waals surface area (Å²) >= 11 is 0. The minimum absolute atomic E-state index is 0.274. The van der Waals surface area contributed by atoms with Crippen molar-refractivity contribution in [2.24, 2.45) is 5.73 Å². The van der Waals surface area contributed by atoms with E-state index in [0.717, 1.165) is 0 Å². The lowest BCUT2D eigenvalue weighted by atomic mass is 10.1. The summed E-state index contributed by atoms with van der Waals surface area (Å²) in [6, 6.07) is 5.46. The number of ether oxygens (including phenoxy) is 1. The Bertz CT molecular complexity index is 642. The van der Waals surface area contributed by atoms with Crippen LogP contribution in [0.15, 0.2) is 24.3 Å². The number of benzene rings is 1. The van der Waals surface area contributed by atoms with Gasteiger partial charge in [-0.25, -0.2) is 5.48 Å². The van der Waals surface area contributed by atoms with Crippen molar-refractivity contribution in [2.75, 3.05) is 6.61 Å². The van der Waals surface area contributed by atoms with E-state index in [2.05, 4.69) is 17.2 Å². The zero-order valence-corrected chi connectivity index (χ0v) is 12.8. The van der Waals surface area contributed by atoms with Gasteiger partial charge < -0.3 is 15.8 Å². The molecule has 1 aromatic rings. The maximum Gasteiger partial charge on any atom is 0.267 e. The van der Waals surface area contributed by atoms with Gasteiger partial charge in [0.2, 0.25) is 0 Å². The molecule has 1 aliphatic carbocycles. The van der Waals surface area contributed by atoms with Crippen molar-refractivity contribution in [2.45, 2.75) is 31.3 Å². The zero-order valence-electron chi connectivity index (χ0n) is 12.8. The Morgan fingerprint density at radius 1 is 1.39 bits per heavy atom. The molecule has 0 heterocycles. The van der Waals surface area contributed by atoms with Crippen LogP contribution in [-0.4, -0.2) is 35.2 Å². The summed E-state index contributed by atoms with van der Waals surface area (Å²) < 4.78 is 5.36. The predicted molar refractivity (Wildman–Crippen MR) is 82.7 cm³/mol. The van der Waals surface area contributed by atoms with Gasteiger partial charge in [-0.15, -0.1) is 5.92 Å². The number of carbonyl (C=O) groups is 2. The van der Waals surface area contributed by atoms with Gasteiger partial charge >= 0.3 is 0 Å². The molecule has 2 rings (SSSR count). The van der Waals surface area contributed by atoms with Gasteiger partial charge in [-0.1, -0.05) is 5.92 Å². The van der Waals surface area contributed by atoms with Crippen LogP contribution in [0, 0.1) is 11.8 Å². The van der Waals surface area contributed by atoms with Crippen molar-refractivity contribution in [1.82, 2.24) is 10.8 Å². The Kier molecular flexibility index (Phi) is 5.21. The third kappa shape index (κ3) is 4.22. The summed E-state index contributed by atoms with van der Waals surface area (Å²) in [7, 11) is 0. The standard InChI is InChI=1S/C16H19N3O4/c1-2-3-10-23-12-6-4-11(5-7-12)14(20)18-13(15(21)19-22)16(17)8-9-16/h4-7,13,22H,8-10,17H2,1H3,(H,18,20)(H,19,21). The van der Waals surface area contributed by atoms with Crippen LogP contribution in [0.25, 0.3) is 0 Å². The topological polar surface area (TPSA) is 114 Å². The van der Waals surface area contributed by atoms with Crippen molar-refractivity contribution < 1.29 is 19.5 Å². The quantitative estimate of drug-likeness (QED) is 0.340. The molecule has 1 unspecified atom stereocenters. The fourth-order valence-corrected chi connectivity index (χ4v) is 2.08. The summed E-state index contributed by atoms with van der Waals surface area (Å²) in [6.07, 6.45) is 1.22. The van der Waals surface area contributed by atoms with Crippen LogP contribution in [0.2, 0.25) is 0 Å². The summed E-state index contributed by atoms with van der Waals surface area (Å²) in [5, 5.41) is 11.3. The number of nitrogens with two attached hydrogens (primary N) is 1. The fraction of sp³-hybridized carbons (Fsp3) is 0.375. The number of carbonyl (C=O) groups excluding carboxylic acids is 2. The van der Waals surface area contributed by atoms with Crippen LogP contribution in [0.4, 0.5) is 0 Å². The first-order valence-electron chi connectivity index (χ1n) is 7.16. The fourth-order valence-electron chi connectivity index (χ4n) is 2.08. The van der Waals surface area contributed by atoms with Crippen LogP contribution in [0.3, 0.4) is 0 Å². The first-order chi connectivity index (χ1) is 11.0. The van der Waals surface area contributed by atoms with Crippen molar-refractivity contribution in [3.63, 3.8) is 0 Å². The summed E-state index contributed by atoms with van der Waals surface area (Å²) in [4.78, 5) is 23.9. The molecule has 0 radical (unpaired) electrons. The minimum atomic E-state index is -0.976. The minimum Gasteiger partial charge on any atom is -0.481 e. The van der Waals surface area contributed by atoms with Crippen molar-refractivity contribution in [1.29, 1.82) is 0 Å². The molecule has 0 saturated heterocycles. The molecule has 122 valence electrons. The van der Waals surface area contributed by atoms with Gasteiger partial charge in [0.1, 0.15) is 18.4 Å². The van der Waals surface area contributed by atoms with E-state index in [1.807, 2.05) is 0 Å². The molecule has 0 aliphatic heterocycles. The van der Waals surface area contributed by atoms with Gasteiger partial charge in [0.25, 0.3) is 11.8 Å². The molecular weight excluding hydrogens is 298 g/mol. The Labute approximate surface area is 134 Å². The van der Waals surface area contributed by atoms with Gasteiger partial charge in [0.05, 0.1) is 0 Å². The van der Waals surface area contributed by atoms with Gasteiger partial charge in [-0.2, -0.15) is 0 Å². The highest BCUT2D eigenvalue weighted by Gasteiger charge is 2.50. The van der Waals surface area contributed by atoms with E-state index in [-0.39, 0.29) is 6.61 Å². The van der Waals surface area contributed by atoms with Crippen molar-refractivity contribution in [3.05, 3.63) is 29.8 Å². The number of hydrogen-bond donors (Lipinski definition) is 4. The van der Waals surface area contributed by atoms with E-state index in [1.54, 1.807) is 31.2 Å². The Morgan fingerprint density at radius 3 is 2.57 bits per heavy atom. The normalized spacial score (nSPS) is 15.6. The van der Waals surface area contributed by atoms with E-state index in [4.69, 9.17) is 15.7 Å². The smallest absolute Gasteiger partial charge is 0.267 e. The lowest BCUT2D eigenvalue weighted by Gasteiger charge is -2.22. The van der Waals surface area contributed by atoms with Crippen LogP contribution >= 0.6 is 0 Å². The van der Waals surface area contributed by atoms with E-state index in [1.165, 1.54) is 5.48 Å². The van der Waals surface area contributed by atoms with Crippen LogP contribution in [0.5, 0.6) is 5.75 Å². The van der Waals surface area contributed by atoms with Crippen molar-refractivity contribution in [3.8, 4) is 17.6 Å². The second-order valence-electron chi connectivity index (χ2n) is 5.36. The molecule has 1 aliphatic rings. The summed E-state index contributed by atoms with van der Waals surface area (Å²) in [5.74, 6) is 4.90. The maximum absolute atomic E-state index is 12.2. The Morgan fingerprint density at radius 2 is 2.04 bits per heavy atom. The first kappa shape index (κ1) is 16.8. The summed E-state index contributed by atoms with van der Waals surface area (Å²) in [6.45, 7) is 2.00. The largest absolute Gasteiger partial charge is 0.481 e. The molecule has 7 heteroatoms. The molecule has 5 N–H and O–H groups in total. The molecule has 7 nitrogen and oxygen atoms in total. The molecule has 1 atom stereocenters. The SMILES string of the molecule is CC#CCOc1ccc(C(=O)NC(C(=O)NO)C2(N)CC2)cc1. The average Bonchev–Trinajstić information content (AvgIpc) is 3.31. The number of amides is 2. The zero-order chi connectivity index (χ0) is 16.9. The molecule has 1 aromatic carbocycles. The second kappa shape index (κ2) is 7.13. The van der Waals surface area contributed by atoms with E-state index < -0.39 is 23.4 Å². The number of nitrogens with one attached hydrogen (secondary N) is 2. The third-order valence-electron chi connectivity index (χ3n) is 3.65. The van der Waals surface area contributed by atoms with Crippen LogP contribution in [0.1, 0.15) is 30.1 Å². The van der Waals surface area contributed by atoms with Crippen LogP contribution in [-0.2, 0) is 4.79 Å². The Hall–Kier alpha value is -2.56. The molecule has 1 fully saturated rings. The maximum atomic E-state index is 12.2. The average molecular weight is 317 g/mol. The van der Waals surface area contributed by atoms with E-state index in [0.29, 0.717) is 24.2 Å². The lowest BCUT2D eigenvalue weighted by molar-refractivity contribution is -0.131. The third-order valence-corrected chi connectivity index (χ3v) is 3.65. The van der Waals surface area contributed by atoms with Crippen molar-refractivity contribution >= 4 is 11.8 Å². The number of hydrogen-bond acceptors (Lipinski definition) is 5. The lowest BCUT2D eigenvalue weighted by Crippen LogP contribution is -2.57. The first-order valence-corrected chi connectivity index (χ1v) is 7.16. The number of hydroxylamine groups is 1. The van der Waals surface area contributed by atoms with Gasteiger partial charge in [0, 0.05) is 11.1 Å². The predicted octanol–water partition coefficient (Wildman–Crippen LogP) is 0.184. The van der Waals surface area contributed by atoms with E-state index >= 15 is 0 Å². The highest BCUT2D eigenvalue weighted by molar-refractivity contribution is 5.98. The molecule has 2 amide bonds. The van der Waals surface area contributed by atoms with Crippen LogP contribution < -0.4 is 21.3 Å². The summed E-state index contributed by atoms with van der Waals surface area (Å²) in [5.41, 5.74) is 7.06. The molecule has 0 bridgehead atoms. The molecule has 0 aromatic heterocycles. The highest BCUT2D eigenvalue weighted by Crippen LogP contribution is 2.36. The molecule has 1 saturated carbocycles. The van der Waals surface area contributed by atoms with Gasteiger partial charge in [-0.3, -0.25) is 14.8 Å².